The van der Waals surface area contributed by atoms with Gasteiger partial charge >= 0.3 is 0 Å². The van der Waals surface area contributed by atoms with Gasteiger partial charge in [0.1, 0.15) is 0 Å². The molecule has 0 bridgehead atoms. The van der Waals surface area contributed by atoms with E-state index in [1.54, 1.807) is 0 Å². The molecule has 0 N–H and O–H groups in total. The Hall–Kier alpha value is -0.570. The summed E-state index contributed by atoms with van der Waals surface area (Å²) in [6.45, 7) is 5.27. The van der Waals surface area contributed by atoms with E-state index in [2.05, 4.69) is 18.9 Å². The molecule has 1 rings (SSSR count). The van der Waals surface area contributed by atoms with Crippen molar-refractivity contribution in [2.45, 2.75) is 58.3 Å². The van der Waals surface area contributed by atoms with Gasteiger partial charge < -0.3 is 9.80 Å². The number of hydrogen-bond donors (Lipinski definition) is 0. The number of carbonyl (C=O) groups excluding carboxylic acids is 1. The second-order valence-electron chi connectivity index (χ2n) is 6.13. The maximum atomic E-state index is 12.3. The maximum Gasteiger partial charge on any atom is 0.226 e. The molecule has 1 saturated heterocycles. The summed E-state index contributed by atoms with van der Waals surface area (Å²) >= 11 is 0. The summed E-state index contributed by atoms with van der Waals surface area (Å²) in [5, 5.41) is 0. The Morgan fingerprint density at radius 3 is 2.58 bits per heavy atom. The lowest BCUT2D eigenvalue weighted by molar-refractivity contribution is -0.135. The van der Waals surface area contributed by atoms with Crippen LogP contribution in [0.15, 0.2) is 0 Å². The third-order valence-electron chi connectivity index (χ3n) is 4.20. The van der Waals surface area contributed by atoms with Crippen molar-refractivity contribution >= 4 is 5.91 Å². The molecule has 0 spiro atoms. The summed E-state index contributed by atoms with van der Waals surface area (Å²) in [7, 11) is 4.09. The second-order valence-corrected chi connectivity index (χ2v) is 6.13. The predicted molar refractivity (Wildman–Crippen MR) is 81.2 cm³/mol. The first-order chi connectivity index (χ1) is 9.15. The first-order valence-electron chi connectivity index (χ1n) is 8.08. The zero-order valence-electron chi connectivity index (χ0n) is 13.2. The minimum atomic E-state index is 0.240. The number of piperidine rings is 1. The summed E-state index contributed by atoms with van der Waals surface area (Å²) in [4.78, 5) is 16.6. The van der Waals surface area contributed by atoms with E-state index in [4.69, 9.17) is 0 Å². The molecule has 112 valence electrons. The van der Waals surface area contributed by atoms with E-state index < -0.39 is 0 Å². The van der Waals surface area contributed by atoms with Crippen molar-refractivity contribution in [2.75, 3.05) is 33.7 Å². The van der Waals surface area contributed by atoms with Crippen LogP contribution in [0.3, 0.4) is 0 Å². The lowest BCUT2D eigenvalue weighted by Crippen LogP contribution is -2.42. The highest BCUT2D eigenvalue weighted by Gasteiger charge is 2.25. The molecule has 0 radical (unpaired) electrons. The molecule has 0 saturated carbocycles. The Bertz CT molecular complexity index is 255. The number of unbranched alkanes of at least 4 members (excludes halogenated alkanes) is 5. The fraction of sp³-hybridized carbons (Fsp3) is 0.938. The zero-order valence-corrected chi connectivity index (χ0v) is 13.2. The molecule has 3 heteroatoms. The van der Waals surface area contributed by atoms with E-state index in [1.807, 2.05) is 11.9 Å². The highest BCUT2D eigenvalue weighted by atomic mass is 16.2. The van der Waals surface area contributed by atoms with Crippen LogP contribution < -0.4 is 0 Å². The number of amides is 1. The number of rotatable bonds is 8. The molecule has 1 aliphatic heterocycles. The standard InChI is InChI=1S/C16H32N2O/c1-4-5-6-7-8-9-13-18(3)16(19)15-11-10-12-17(2)14-15/h15H,4-14H2,1-3H3. The molecule has 1 aliphatic rings. The molecule has 1 heterocycles. The van der Waals surface area contributed by atoms with Gasteiger partial charge in [0.2, 0.25) is 5.91 Å². The molecule has 3 nitrogen and oxygen atoms in total. The average Bonchev–Trinajstić information content (AvgIpc) is 2.41. The fourth-order valence-electron chi connectivity index (χ4n) is 2.92. The summed E-state index contributed by atoms with van der Waals surface area (Å²) in [6.07, 6.45) is 9.98. The van der Waals surface area contributed by atoms with E-state index in [9.17, 15) is 4.79 Å². The quantitative estimate of drug-likeness (QED) is 0.631. The van der Waals surface area contributed by atoms with Crippen molar-refractivity contribution in [1.82, 2.24) is 9.80 Å². The van der Waals surface area contributed by atoms with Crippen LogP contribution in [0.25, 0.3) is 0 Å². The average molecular weight is 268 g/mol. The number of carbonyl (C=O) groups is 1. The van der Waals surface area contributed by atoms with E-state index in [1.165, 1.54) is 32.1 Å². The topological polar surface area (TPSA) is 23.6 Å². The van der Waals surface area contributed by atoms with Gasteiger partial charge in [-0.1, -0.05) is 39.0 Å². The van der Waals surface area contributed by atoms with Crippen LogP contribution in [0.4, 0.5) is 0 Å². The van der Waals surface area contributed by atoms with Crippen LogP contribution in [0, 0.1) is 5.92 Å². The molecule has 19 heavy (non-hydrogen) atoms. The largest absolute Gasteiger partial charge is 0.345 e. The van der Waals surface area contributed by atoms with Crippen molar-refractivity contribution in [3.8, 4) is 0 Å². The SMILES string of the molecule is CCCCCCCCN(C)C(=O)C1CCCN(C)C1. The van der Waals surface area contributed by atoms with Crippen LogP contribution in [-0.2, 0) is 4.79 Å². The number of likely N-dealkylation sites (tertiary alicyclic amines) is 1. The molecule has 1 atom stereocenters. The number of nitrogens with zero attached hydrogens (tertiary/aromatic N) is 2. The Kier molecular flexibility index (Phi) is 8.11. The minimum absolute atomic E-state index is 0.240. The van der Waals surface area contributed by atoms with Crippen LogP contribution in [0.1, 0.15) is 58.3 Å². The van der Waals surface area contributed by atoms with Crippen LogP contribution in [0.5, 0.6) is 0 Å². The Balaban J connectivity index is 2.14. The molecule has 0 aliphatic carbocycles. The molecule has 0 aromatic heterocycles. The number of hydrogen-bond acceptors (Lipinski definition) is 2. The third-order valence-corrected chi connectivity index (χ3v) is 4.20. The molecule has 0 aromatic carbocycles. The van der Waals surface area contributed by atoms with Gasteiger partial charge in [-0.05, 0) is 32.9 Å². The van der Waals surface area contributed by atoms with E-state index in [0.29, 0.717) is 5.91 Å². The molecule has 1 unspecified atom stereocenters. The zero-order chi connectivity index (χ0) is 14.1. The smallest absolute Gasteiger partial charge is 0.226 e. The summed E-state index contributed by atoms with van der Waals surface area (Å²) in [6, 6.07) is 0. The lowest BCUT2D eigenvalue weighted by Gasteiger charge is -2.31. The summed E-state index contributed by atoms with van der Waals surface area (Å²) in [5.74, 6) is 0.601. The lowest BCUT2D eigenvalue weighted by atomic mass is 9.97. The normalized spacial score (nSPS) is 20.5. The van der Waals surface area contributed by atoms with Crippen molar-refractivity contribution < 1.29 is 4.79 Å². The van der Waals surface area contributed by atoms with E-state index in [-0.39, 0.29) is 5.92 Å². The third kappa shape index (κ3) is 6.42. The van der Waals surface area contributed by atoms with E-state index >= 15 is 0 Å². The monoisotopic (exact) mass is 268 g/mol. The van der Waals surface area contributed by atoms with Gasteiger partial charge in [0.15, 0.2) is 0 Å². The van der Waals surface area contributed by atoms with Gasteiger partial charge in [-0.15, -0.1) is 0 Å². The predicted octanol–water partition coefficient (Wildman–Crippen LogP) is 3.15. The maximum absolute atomic E-state index is 12.3. The van der Waals surface area contributed by atoms with Gasteiger partial charge in [-0.2, -0.15) is 0 Å². The fourth-order valence-corrected chi connectivity index (χ4v) is 2.92. The highest BCUT2D eigenvalue weighted by molar-refractivity contribution is 5.78. The van der Waals surface area contributed by atoms with Gasteiger partial charge in [0.05, 0.1) is 5.92 Å². The van der Waals surface area contributed by atoms with Gasteiger partial charge in [0, 0.05) is 20.1 Å². The van der Waals surface area contributed by atoms with Crippen LogP contribution in [0.2, 0.25) is 0 Å². The Morgan fingerprint density at radius 1 is 1.21 bits per heavy atom. The Morgan fingerprint density at radius 2 is 1.89 bits per heavy atom. The first-order valence-corrected chi connectivity index (χ1v) is 8.08. The molecular weight excluding hydrogens is 236 g/mol. The van der Waals surface area contributed by atoms with Crippen LogP contribution >= 0.6 is 0 Å². The van der Waals surface area contributed by atoms with Crippen molar-refractivity contribution in [3.63, 3.8) is 0 Å². The minimum Gasteiger partial charge on any atom is -0.345 e. The van der Waals surface area contributed by atoms with Crippen molar-refractivity contribution in [2.24, 2.45) is 5.92 Å². The van der Waals surface area contributed by atoms with Gasteiger partial charge in [-0.3, -0.25) is 4.79 Å². The van der Waals surface area contributed by atoms with Crippen molar-refractivity contribution in [3.05, 3.63) is 0 Å². The molecule has 1 amide bonds. The van der Waals surface area contributed by atoms with Crippen molar-refractivity contribution in [1.29, 1.82) is 0 Å². The Labute approximate surface area is 119 Å². The van der Waals surface area contributed by atoms with E-state index in [0.717, 1.165) is 38.9 Å². The first kappa shape index (κ1) is 16.5. The highest BCUT2D eigenvalue weighted by Crippen LogP contribution is 2.17. The molecule has 0 aromatic rings. The molecule has 1 fully saturated rings. The second kappa shape index (κ2) is 9.35. The van der Waals surface area contributed by atoms with Crippen LogP contribution in [-0.4, -0.2) is 49.4 Å². The molecular formula is C16H32N2O. The van der Waals surface area contributed by atoms with Gasteiger partial charge in [0.25, 0.3) is 0 Å². The summed E-state index contributed by atoms with van der Waals surface area (Å²) in [5.41, 5.74) is 0. The van der Waals surface area contributed by atoms with Gasteiger partial charge in [-0.25, -0.2) is 0 Å². The summed E-state index contributed by atoms with van der Waals surface area (Å²) < 4.78 is 0.